The van der Waals surface area contributed by atoms with Gasteiger partial charge >= 0.3 is 0 Å². The summed E-state index contributed by atoms with van der Waals surface area (Å²) in [6, 6.07) is 8.55. The maximum Gasteiger partial charge on any atom is 0.230 e. The minimum absolute atomic E-state index is 0. The number of carbonyl (C=O) groups excluding carboxylic acids is 1. The van der Waals surface area contributed by atoms with Crippen molar-refractivity contribution >= 4 is 34.8 Å². The van der Waals surface area contributed by atoms with Crippen molar-refractivity contribution in [3.63, 3.8) is 0 Å². The zero-order valence-electron chi connectivity index (χ0n) is 12.8. The van der Waals surface area contributed by atoms with Crippen molar-refractivity contribution in [3.05, 3.63) is 46.5 Å². The summed E-state index contributed by atoms with van der Waals surface area (Å²) in [6.45, 7) is 4.30. The van der Waals surface area contributed by atoms with E-state index in [1.807, 2.05) is 6.20 Å². The molecule has 1 aromatic carbocycles. The Balaban J connectivity index is 0.00000242. The number of nitrogens with two attached hydrogens (primary N) is 1. The zero-order chi connectivity index (χ0) is 15.2. The topological polar surface area (TPSA) is 68.0 Å². The number of nitrogens with one attached hydrogen (secondary N) is 1. The maximum atomic E-state index is 11.8. The van der Waals surface area contributed by atoms with Gasteiger partial charge < -0.3 is 11.1 Å². The first kappa shape index (κ1) is 18.6. The number of anilines is 1. The van der Waals surface area contributed by atoms with Gasteiger partial charge in [0.1, 0.15) is 0 Å². The lowest BCUT2D eigenvalue weighted by molar-refractivity contribution is -0.119. The monoisotopic (exact) mass is 339 g/mol. The van der Waals surface area contributed by atoms with E-state index in [0.717, 1.165) is 17.7 Å². The Morgan fingerprint density at radius 2 is 2.14 bits per heavy atom. The smallest absolute Gasteiger partial charge is 0.230 e. The van der Waals surface area contributed by atoms with Crippen molar-refractivity contribution in [2.75, 3.05) is 11.9 Å². The molecule has 0 saturated heterocycles. The van der Waals surface area contributed by atoms with E-state index in [-0.39, 0.29) is 24.2 Å². The molecule has 0 radical (unpaired) electrons. The largest absolute Gasteiger partial charge is 0.330 e. The van der Waals surface area contributed by atoms with Gasteiger partial charge in [-0.25, -0.2) is 4.98 Å². The number of carbonyl (C=O) groups is 1. The van der Waals surface area contributed by atoms with Crippen molar-refractivity contribution in [2.24, 2.45) is 11.7 Å². The van der Waals surface area contributed by atoms with Gasteiger partial charge in [0.2, 0.25) is 5.91 Å². The molecule has 22 heavy (non-hydrogen) atoms. The second kappa shape index (κ2) is 8.88. The molecule has 1 heterocycles. The van der Waals surface area contributed by atoms with E-state index in [1.165, 1.54) is 22.5 Å². The molecule has 0 saturated carbocycles. The van der Waals surface area contributed by atoms with Crippen LogP contribution in [-0.2, 0) is 17.6 Å². The molecule has 0 aliphatic rings. The van der Waals surface area contributed by atoms with Crippen LogP contribution in [-0.4, -0.2) is 17.4 Å². The predicted octanol–water partition coefficient (Wildman–Crippen LogP) is 3.25. The third-order valence-corrected chi connectivity index (χ3v) is 4.28. The second-order valence-corrected chi connectivity index (χ2v) is 6.22. The van der Waals surface area contributed by atoms with Crippen LogP contribution in [0.3, 0.4) is 0 Å². The lowest BCUT2D eigenvalue weighted by Crippen LogP contribution is -2.26. The van der Waals surface area contributed by atoms with Crippen LogP contribution in [0.4, 0.5) is 5.13 Å². The van der Waals surface area contributed by atoms with E-state index in [4.69, 9.17) is 5.73 Å². The zero-order valence-corrected chi connectivity index (χ0v) is 14.5. The van der Waals surface area contributed by atoms with E-state index in [9.17, 15) is 4.79 Å². The normalized spacial score (nSPS) is 11.6. The molecule has 3 N–H and O–H groups in total. The van der Waals surface area contributed by atoms with Crippen LogP contribution in [0, 0.1) is 5.92 Å². The molecule has 1 atom stereocenters. The van der Waals surface area contributed by atoms with Gasteiger partial charge in [-0.1, -0.05) is 38.1 Å². The molecule has 4 nitrogen and oxygen atoms in total. The third kappa shape index (κ3) is 5.09. The molecule has 0 spiro atoms. The van der Waals surface area contributed by atoms with E-state index < -0.39 is 0 Å². The molecule has 0 aliphatic carbocycles. The van der Waals surface area contributed by atoms with Crippen LogP contribution in [0.25, 0.3) is 0 Å². The van der Waals surface area contributed by atoms with Crippen LogP contribution < -0.4 is 11.1 Å². The Bertz CT molecular complexity index is 615. The van der Waals surface area contributed by atoms with Crippen LogP contribution in [0.2, 0.25) is 0 Å². The number of hydrogen-bond donors (Lipinski definition) is 2. The number of nitrogens with zero attached hydrogens (tertiary/aromatic N) is 1. The molecular weight excluding hydrogens is 318 g/mol. The highest BCUT2D eigenvalue weighted by molar-refractivity contribution is 7.15. The van der Waals surface area contributed by atoms with E-state index in [2.05, 4.69) is 41.5 Å². The van der Waals surface area contributed by atoms with Crippen molar-refractivity contribution < 1.29 is 4.79 Å². The molecule has 6 heteroatoms. The average molecular weight is 340 g/mol. The molecular formula is C16H22ClN3OS. The Kier molecular flexibility index (Phi) is 7.51. The first-order valence-corrected chi connectivity index (χ1v) is 7.97. The van der Waals surface area contributed by atoms with E-state index in [1.54, 1.807) is 6.92 Å². The molecule has 1 amide bonds. The maximum absolute atomic E-state index is 11.8. The van der Waals surface area contributed by atoms with E-state index >= 15 is 0 Å². The van der Waals surface area contributed by atoms with E-state index in [0.29, 0.717) is 11.7 Å². The molecule has 120 valence electrons. The highest BCUT2D eigenvalue weighted by atomic mass is 35.5. The fraction of sp³-hybridized carbons (Fsp3) is 0.375. The number of rotatable bonds is 6. The Morgan fingerprint density at radius 3 is 2.82 bits per heavy atom. The van der Waals surface area contributed by atoms with Crippen molar-refractivity contribution in [1.29, 1.82) is 0 Å². The first-order chi connectivity index (χ1) is 10.1. The number of amides is 1. The standard InChI is InChI=1S/C16H21N3OS.ClH/c1-3-12-5-4-6-13(7-12)8-14-10-18-16(21-14)19-15(20)11(2)9-17;/h4-7,10-11H,3,8-9,17H2,1-2H3,(H,18,19,20);1H. The number of halogens is 1. The Hall–Kier alpha value is -1.43. The number of hydrogen-bond acceptors (Lipinski definition) is 4. The van der Waals surface area contributed by atoms with Gasteiger partial charge in [0.15, 0.2) is 5.13 Å². The van der Waals surface area contributed by atoms with Gasteiger partial charge in [0.25, 0.3) is 0 Å². The number of aromatic nitrogens is 1. The first-order valence-electron chi connectivity index (χ1n) is 7.15. The van der Waals surface area contributed by atoms with Gasteiger partial charge in [-0.05, 0) is 17.5 Å². The minimum atomic E-state index is -0.196. The lowest BCUT2D eigenvalue weighted by Gasteiger charge is -2.06. The fourth-order valence-electron chi connectivity index (χ4n) is 1.94. The molecule has 2 rings (SSSR count). The summed E-state index contributed by atoms with van der Waals surface area (Å²) in [7, 11) is 0. The summed E-state index contributed by atoms with van der Waals surface area (Å²) in [4.78, 5) is 17.2. The van der Waals surface area contributed by atoms with Crippen LogP contribution in [0.5, 0.6) is 0 Å². The Morgan fingerprint density at radius 1 is 1.41 bits per heavy atom. The summed E-state index contributed by atoms with van der Waals surface area (Å²) in [5.74, 6) is -0.273. The Labute approximate surface area is 141 Å². The van der Waals surface area contributed by atoms with Gasteiger partial charge in [0, 0.05) is 30.0 Å². The molecule has 1 aromatic heterocycles. The molecule has 2 aromatic rings. The fourth-order valence-corrected chi connectivity index (χ4v) is 2.79. The third-order valence-electron chi connectivity index (χ3n) is 3.36. The average Bonchev–Trinajstić information content (AvgIpc) is 2.93. The number of benzene rings is 1. The SMILES string of the molecule is CCc1cccc(Cc2cnc(NC(=O)C(C)CN)s2)c1.Cl. The summed E-state index contributed by atoms with van der Waals surface area (Å²) in [5.41, 5.74) is 8.09. The number of thiazole rings is 1. The van der Waals surface area contributed by atoms with Gasteiger partial charge in [-0.15, -0.1) is 23.7 Å². The molecule has 0 fully saturated rings. The van der Waals surface area contributed by atoms with Crippen molar-refractivity contribution in [2.45, 2.75) is 26.7 Å². The molecule has 0 bridgehead atoms. The highest BCUT2D eigenvalue weighted by Crippen LogP contribution is 2.22. The van der Waals surface area contributed by atoms with Gasteiger partial charge in [0.05, 0.1) is 0 Å². The summed E-state index contributed by atoms with van der Waals surface area (Å²) in [5, 5.41) is 3.45. The quantitative estimate of drug-likeness (QED) is 0.848. The van der Waals surface area contributed by atoms with Crippen LogP contribution >= 0.6 is 23.7 Å². The van der Waals surface area contributed by atoms with Gasteiger partial charge in [-0.2, -0.15) is 0 Å². The molecule has 1 unspecified atom stereocenters. The summed E-state index contributed by atoms with van der Waals surface area (Å²) >= 11 is 1.51. The molecule has 0 aliphatic heterocycles. The van der Waals surface area contributed by atoms with Crippen LogP contribution in [0.1, 0.15) is 29.9 Å². The highest BCUT2D eigenvalue weighted by Gasteiger charge is 2.13. The number of aryl methyl sites for hydroxylation is 1. The van der Waals surface area contributed by atoms with Gasteiger partial charge in [-0.3, -0.25) is 4.79 Å². The van der Waals surface area contributed by atoms with Crippen molar-refractivity contribution in [1.82, 2.24) is 4.98 Å². The minimum Gasteiger partial charge on any atom is -0.330 e. The van der Waals surface area contributed by atoms with Crippen molar-refractivity contribution in [3.8, 4) is 0 Å². The summed E-state index contributed by atoms with van der Waals surface area (Å²) in [6.07, 6.45) is 3.70. The summed E-state index contributed by atoms with van der Waals surface area (Å²) < 4.78 is 0. The second-order valence-electron chi connectivity index (χ2n) is 5.11. The van der Waals surface area contributed by atoms with Crippen LogP contribution in [0.15, 0.2) is 30.5 Å². The lowest BCUT2D eigenvalue weighted by atomic mass is 10.1. The predicted molar refractivity (Wildman–Crippen MR) is 94.8 cm³/mol.